The van der Waals surface area contributed by atoms with Gasteiger partial charge in [0.2, 0.25) is 0 Å². The summed E-state index contributed by atoms with van der Waals surface area (Å²) in [5.74, 6) is -1.15. The third-order valence-corrected chi connectivity index (χ3v) is 4.24. The Bertz CT molecular complexity index is 831. The number of hydrogen-bond acceptors (Lipinski definition) is 5. The third-order valence-electron chi connectivity index (χ3n) is 3.45. The van der Waals surface area contributed by atoms with Crippen LogP contribution in [0.5, 0.6) is 0 Å². The Labute approximate surface area is 168 Å². The van der Waals surface area contributed by atoms with E-state index in [1.807, 2.05) is 0 Å². The van der Waals surface area contributed by atoms with Crippen LogP contribution in [-0.2, 0) is 0 Å². The summed E-state index contributed by atoms with van der Waals surface area (Å²) in [4.78, 5) is 11.7. The maximum Gasteiger partial charge on any atom is 0.432 e. The number of Topliss-reactive ketones (excluding diaryl/α,β-unsaturated/α-hetero) is 1. The summed E-state index contributed by atoms with van der Waals surface area (Å²) >= 11 is 3.21. The molecule has 4 N–H and O–H groups in total. The lowest BCUT2D eigenvalue weighted by Crippen LogP contribution is -2.21. The molecule has 28 heavy (non-hydrogen) atoms. The average Bonchev–Trinajstić information content (AvgIpc) is 2.59. The molecule has 0 heterocycles. The monoisotopic (exact) mass is 462 g/mol. The van der Waals surface area contributed by atoms with Crippen molar-refractivity contribution in [3.63, 3.8) is 0 Å². The number of rotatable bonds is 9. The quantitative estimate of drug-likeness (QED) is 0.177. The fourth-order valence-electron chi connectivity index (χ4n) is 2.14. The number of ketones is 1. The molecule has 0 bridgehead atoms. The van der Waals surface area contributed by atoms with Crippen molar-refractivity contribution >= 4 is 39.3 Å². The molecule has 1 rings (SSSR count). The lowest BCUT2D eigenvalue weighted by atomic mass is 10.1. The molecule has 1 aromatic carbocycles. The summed E-state index contributed by atoms with van der Waals surface area (Å²) in [6.45, 7) is 3.51. The number of alkyl halides is 3. The second kappa shape index (κ2) is 10.2. The molecule has 0 saturated carbocycles. The molecule has 5 nitrogen and oxygen atoms in total. The van der Waals surface area contributed by atoms with Crippen LogP contribution in [0.4, 0.5) is 23.2 Å². The van der Waals surface area contributed by atoms with E-state index >= 15 is 0 Å². The second-order valence-electron chi connectivity index (χ2n) is 5.64. The minimum atomic E-state index is -4.87. The number of halogens is 5. The van der Waals surface area contributed by atoms with Crippen LogP contribution in [0.1, 0.15) is 30.6 Å². The highest BCUT2D eigenvalue weighted by molar-refractivity contribution is 9.11. The molecular formula is C18H19BrF4N4O. The van der Waals surface area contributed by atoms with Crippen molar-refractivity contribution < 1.29 is 22.4 Å². The van der Waals surface area contributed by atoms with Gasteiger partial charge in [-0.1, -0.05) is 0 Å². The molecule has 0 unspecified atom stereocenters. The first-order valence-electron chi connectivity index (χ1n) is 8.06. The molecule has 0 aliphatic carbocycles. The predicted octanol–water partition coefficient (Wildman–Crippen LogP) is 5.16. The standard InChI is InChI=1S/C18H19BrF4N4O/c1-3-26-17(19)11(9-24)6-13(8-16(25)18(21,22)23)27-15-5-4-12(20)7-14(15)10(2)28/h4-5,7-9,24-27H,3,6H2,1-2H3/b13-8-,17-11-,24-9?,25-16?. The van der Waals surface area contributed by atoms with Gasteiger partial charge in [0.05, 0.1) is 4.61 Å². The summed E-state index contributed by atoms with van der Waals surface area (Å²) < 4.78 is 52.3. The first-order chi connectivity index (χ1) is 13.0. The Balaban J connectivity index is 3.39. The largest absolute Gasteiger partial charge is 0.432 e. The number of carbonyl (C=O) groups excluding carboxylic acids is 1. The van der Waals surface area contributed by atoms with Crippen molar-refractivity contribution in [1.29, 1.82) is 10.8 Å². The van der Waals surface area contributed by atoms with E-state index in [0.29, 0.717) is 22.8 Å². The van der Waals surface area contributed by atoms with E-state index in [9.17, 15) is 22.4 Å². The van der Waals surface area contributed by atoms with Crippen LogP contribution in [0.2, 0.25) is 0 Å². The Hall–Kier alpha value is -2.49. The number of carbonyl (C=O) groups is 1. The highest BCUT2D eigenvalue weighted by Crippen LogP contribution is 2.25. The third kappa shape index (κ3) is 6.91. The zero-order chi connectivity index (χ0) is 21.5. The molecule has 0 atom stereocenters. The van der Waals surface area contributed by atoms with Crippen molar-refractivity contribution in [3.8, 4) is 0 Å². The summed E-state index contributed by atoms with van der Waals surface area (Å²) in [7, 11) is 0. The Morgan fingerprint density at radius 1 is 1.32 bits per heavy atom. The van der Waals surface area contributed by atoms with Crippen molar-refractivity contribution in [2.24, 2.45) is 0 Å². The SMILES string of the molecule is CCN/C(Br)=C(\C=N)C/C(=C/C(=N)C(F)(F)F)Nc1ccc(F)cc1C(C)=O. The molecule has 152 valence electrons. The molecule has 0 fully saturated rings. The fourth-order valence-corrected chi connectivity index (χ4v) is 2.68. The molecule has 1 aromatic rings. The van der Waals surface area contributed by atoms with Gasteiger partial charge in [-0.25, -0.2) is 4.39 Å². The number of hydrogen-bond donors (Lipinski definition) is 4. The average molecular weight is 463 g/mol. The van der Waals surface area contributed by atoms with Gasteiger partial charge >= 0.3 is 6.18 Å². The molecule has 0 aliphatic rings. The lowest BCUT2D eigenvalue weighted by molar-refractivity contribution is -0.0584. The Morgan fingerprint density at radius 3 is 2.46 bits per heavy atom. The molecule has 0 saturated heterocycles. The maximum atomic E-state index is 13.4. The highest BCUT2D eigenvalue weighted by atomic mass is 79.9. The minimum Gasteiger partial charge on any atom is -0.379 e. The summed E-state index contributed by atoms with van der Waals surface area (Å²) in [5.41, 5.74) is -1.34. The summed E-state index contributed by atoms with van der Waals surface area (Å²) in [6, 6.07) is 3.26. The van der Waals surface area contributed by atoms with Gasteiger partial charge in [0.25, 0.3) is 0 Å². The molecule has 0 radical (unpaired) electrons. The van der Waals surface area contributed by atoms with E-state index in [1.165, 1.54) is 13.0 Å². The normalized spacial score (nSPS) is 12.9. The van der Waals surface area contributed by atoms with Crippen molar-refractivity contribution in [2.75, 3.05) is 11.9 Å². The highest BCUT2D eigenvalue weighted by Gasteiger charge is 2.33. The lowest BCUT2D eigenvalue weighted by Gasteiger charge is -2.16. The van der Waals surface area contributed by atoms with Crippen molar-refractivity contribution in [1.82, 2.24) is 5.32 Å². The molecule has 0 spiro atoms. The van der Waals surface area contributed by atoms with Gasteiger partial charge in [-0.3, -0.25) is 10.2 Å². The molecule has 0 amide bonds. The van der Waals surface area contributed by atoms with Gasteiger partial charge in [-0.15, -0.1) is 0 Å². The van der Waals surface area contributed by atoms with Gasteiger partial charge in [0.1, 0.15) is 11.5 Å². The molecule has 10 heteroatoms. The van der Waals surface area contributed by atoms with E-state index in [2.05, 4.69) is 26.6 Å². The summed E-state index contributed by atoms with van der Waals surface area (Å²) in [5, 5.41) is 20.3. The number of benzene rings is 1. The van der Waals surface area contributed by atoms with E-state index in [4.69, 9.17) is 10.8 Å². The number of anilines is 1. The van der Waals surface area contributed by atoms with Crippen LogP contribution >= 0.6 is 15.9 Å². The van der Waals surface area contributed by atoms with Crippen LogP contribution in [0.25, 0.3) is 0 Å². The first-order valence-corrected chi connectivity index (χ1v) is 8.85. The molecular weight excluding hydrogens is 444 g/mol. The summed E-state index contributed by atoms with van der Waals surface area (Å²) in [6.07, 6.45) is -3.52. The fraction of sp³-hybridized carbons (Fsp3) is 0.278. The van der Waals surface area contributed by atoms with Gasteiger partial charge < -0.3 is 16.0 Å². The van der Waals surface area contributed by atoms with Crippen LogP contribution < -0.4 is 10.6 Å². The number of nitrogens with one attached hydrogen (secondary N) is 4. The Kier molecular flexibility index (Phi) is 8.55. The van der Waals surface area contributed by atoms with E-state index < -0.39 is 23.5 Å². The van der Waals surface area contributed by atoms with E-state index in [-0.39, 0.29) is 23.4 Å². The van der Waals surface area contributed by atoms with Crippen LogP contribution in [0, 0.1) is 16.6 Å². The molecule has 0 aromatic heterocycles. The zero-order valence-corrected chi connectivity index (χ0v) is 16.7. The van der Waals surface area contributed by atoms with Crippen molar-refractivity contribution in [2.45, 2.75) is 26.4 Å². The van der Waals surface area contributed by atoms with Crippen molar-refractivity contribution in [3.05, 3.63) is 51.5 Å². The van der Waals surface area contributed by atoms with E-state index in [1.54, 1.807) is 6.92 Å². The van der Waals surface area contributed by atoms with Crippen LogP contribution in [0.15, 0.2) is 40.2 Å². The minimum absolute atomic E-state index is 0.0458. The maximum absolute atomic E-state index is 13.4. The topological polar surface area (TPSA) is 88.8 Å². The zero-order valence-electron chi connectivity index (χ0n) is 15.1. The molecule has 0 aliphatic heterocycles. The predicted molar refractivity (Wildman–Crippen MR) is 105 cm³/mol. The van der Waals surface area contributed by atoms with Gasteiger partial charge in [0.15, 0.2) is 5.78 Å². The van der Waals surface area contributed by atoms with Gasteiger partial charge in [-0.05, 0) is 54.1 Å². The van der Waals surface area contributed by atoms with Gasteiger partial charge in [-0.2, -0.15) is 13.2 Å². The second-order valence-corrected chi connectivity index (χ2v) is 6.44. The number of allylic oxidation sites excluding steroid dienone is 2. The van der Waals surface area contributed by atoms with Crippen LogP contribution in [-0.4, -0.2) is 30.4 Å². The van der Waals surface area contributed by atoms with E-state index in [0.717, 1.165) is 18.3 Å². The van der Waals surface area contributed by atoms with Crippen LogP contribution in [0.3, 0.4) is 0 Å². The smallest absolute Gasteiger partial charge is 0.379 e. The first kappa shape index (κ1) is 23.5. The van der Waals surface area contributed by atoms with Gasteiger partial charge in [0, 0.05) is 41.7 Å². The Morgan fingerprint density at radius 2 is 1.96 bits per heavy atom.